The number of unbranched alkanes of at least 4 members (excludes halogenated alkanes) is 39. The summed E-state index contributed by atoms with van der Waals surface area (Å²) in [7, 11) is 0. The number of hydrogen-bond acceptors (Lipinski definition) is 5. The maximum atomic E-state index is 12.4. The first-order valence-corrected chi connectivity index (χ1v) is 27.0. The quantitative estimate of drug-likeness (QED) is 0.0322. The lowest BCUT2D eigenvalue weighted by molar-refractivity contribution is -0.143. The minimum atomic E-state index is -0.846. The predicted octanol–water partition coefficient (Wildman–Crippen LogP) is 16.1. The van der Waals surface area contributed by atoms with Crippen LogP contribution in [0.4, 0.5) is 0 Å². The number of ether oxygens (including phenoxy) is 1. The highest BCUT2D eigenvalue weighted by Gasteiger charge is 2.18. The summed E-state index contributed by atoms with van der Waals surface area (Å²) in [6.07, 6.45) is 57.9. The van der Waals surface area contributed by atoms with Crippen molar-refractivity contribution in [2.45, 2.75) is 309 Å². The molecule has 0 saturated carbocycles. The fourth-order valence-electron chi connectivity index (χ4n) is 8.40. The molecule has 0 aliphatic rings. The van der Waals surface area contributed by atoms with Gasteiger partial charge in [0.25, 0.3) is 0 Å². The Morgan fingerprint density at radius 2 is 0.767 bits per heavy atom. The molecule has 0 saturated heterocycles. The number of aliphatic hydroxyl groups excluding tert-OH is 2. The van der Waals surface area contributed by atoms with Crippen LogP contribution in [0.1, 0.15) is 296 Å². The molecule has 0 aliphatic heterocycles. The minimum Gasteiger partial charge on any atom is -0.466 e. The van der Waals surface area contributed by atoms with E-state index in [1.807, 2.05) is 6.08 Å². The zero-order valence-corrected chi connectivity index (χ0v) is 40.5. The topological polar surface area (TPSA) is 95.9 Å². The summed E-state index contributed by atoms with van der Waals surface area (Å²) in [5.41, 5.74) is 0. The minimum absolute atomic E-state index is 0.00433. The molecule has 2 unspecified atom stereocenters. The van der Waals surface area contributed by atoms with E-state index in [0.29, 0.717) is 19.4 Å². The molecule has 0 aromatic heterocycles. The standard InChI is InChI=1S/C54H105NO5/c1-3-5-7-9-11-13-15-16-20-23-27-30-34-38-42-46-52(57)51(50-56)55-53(58)47-43-39-35-31-28-24-21-18-17-19-22-25-29-33-37-41-45-49-60-54(59)48-44-40-36-32-26-14-12-10-8-6-4-2/h42,46,51-52,56-57H,3-41,43-45,47-50H2,1-2H3,(H,55,58)/b46-42+. The molecule has 0 aromatic rings. The Hall–Kier alpha value is -1.40. The van der Waals surface area contributed by atoms with Crippen LogP contribution in [0.25, 0.3) is 0 Å². The van der Waals surface area contributed by atoms with Gasteiger partial charge in [-0.3, -0.25) is 9.59 Å². The normalized spacial score (nSPS) is 12.7. The zero-order valence-electron chi connectivity index (χ0n) is 40.5. The van der Waals surface area contributed by atoms with Gasteiger partial charge in [0.1, 0.15) is 0 Å². The van der Waals surface area contributed by atoms with E-state index in [2.05, 4.69) is 19.2 Å². The highest BCUT2D eigenvalue weighted by Crippen LogP contribution is 2.17. The second-order valence-electron chi connectivity index (χ2n) is 18.6. The second-order valence-corrected chi connectivity index (χ2v) is 18.6. The molecule has 0 aliphatic carbocycles. The van der Waals surface area contributed by atoms with Crippen LogP contribution in [0.3, 0.4) is 0 Å². The van der Waals surface area contributed by atoms with Gasteiger partial charge in [0, 0.05) is 12.8 Å². The van der Waals surface area contributed by atoms with Crippen molar-refractivity contribution >= 4 is 11.9 Å². The number of hydrogen-bond donors (Lipinski definition) is 3. The molecule has 356 valence electrons. The number of esters is 1. The Morgan fingerprint density at radius 3 is 1.13 bits per heavy atom. The van der Waals surface area contributed by atoms with Gasteiger partial charge in [-0.2, -0.15) is 0 Å². The Labute approximate surface area is 374 Å². The number of carbonyl (C=O) groups excluding carboxylic acids is 2. The largest absolute Gasteiger partial charge is 0.466 e. The van der Waals surface area contributed by atoms with Crippen LogP contribution in [-0.2, 0) is 14.3 Å². The molecule has 0 spiro atoms. The summed E-state index contributed by atoms with van der Waals surface area (Å²) >= 11 is 0. The van der Waals surface area contributed by atoms with Gasteiger partial charge in [-0.25, -0.2) is 0 Å². The van der Waals surface area contributed by atoms with E-state index < -0.39 is 12.1 Å². The third kappa shape index (κ3) is 46.1. The summed E-state index contributed by atoms with van der Waals surface area (Å²) in [5, 5.41) is 23.1. The first-order chi connectivity index (χ1) is 29.5. The van der Waals surface area contributed by atoms with Gasteiger partial charge >= 0.3 is 5.97 Å². The molecular formula is C54H105NO5. The van der Waals surface area contributed by atoms with Gasteiger partial charge in [-0.1, -0.05) is 264 Å². The molecule has 6 heteroatoms. The van der Waals surface area contributed by atoms with Crippen molar-refractivity contribution in [3.63, 3.8) is 0 Å². The van der Waals surface area contributed by atoms with Crippen molar-refractivity contribution < 1.29 is 24.5 Å². The molecule has 0 radical (unpaired) electrons. The average molecular weight is 848 g/mol. The van der Waals surface area contributed by atoms with E-state index in [9.17, 15) is 19.8 Å². The van der Waals surface area contributed by atoms with Gasteiger partial charge in [-0.05, 0) is 32.1 Å². The summed E-state index contributed by atoms with van der Waals surface area (Å²) in [6.45, 7) is 4.90. The maximum absolute atomic E-state index is 12.4. The highest BCUT2D eigenvalue weighted by atomic mass is 16.5. The van der Waals surface area contributed by atoms with Gasteiger partial charge in [-0.15, -0.1) is 0 Å². The van der Waals surface area contributed by atoms with E-state index >= 15 is 0 Å². The van der Waals surface area contributed by atoms with Crippen LogP contribution in [0.15, 0.2) is 12.2 Å². The molecule has 0 fully saturated rings. The second kappa shape index (κ2) is 50.2. The van der Waals surface area contributed by atoms with Crippen LogP contribution >= 0.6 is 0 Å². The number of carbonyl (C=O) groups is 2. The lowest BCUT2D eigenvalue weighted by Crippen LogP contribution is -2.45. The van der Waals surface area contributed by atoms with E-state index in [0.717, 1.165) is 44.9 Å². The number of nitrogens with one attached hydrogen (secondary N) is 1. The Balaban J connectivity index is 3.45. The van der Waals surface area contributed by atoms with Crippen molar-refractivity contribution in [3.05, 3.63) is 12.2 Å². The maximum Gasteiger partial charge on any atom is 0.305 e. The van der Waals surface area contributed by atoms with Gasteiger partial charge in [0.05, 0.1) is 25.4 Å². The highest BCUT2D eigenvalue weighted by molar-refractivity contribution is 5.76. The molecule has 60 heavy (non-hydrogen) atoms. The lowest BCUT2D eigenvalue weighted by Gasteiger charge is -2.20. The van der Waals surface area contributed by atoms with Crippen molar-refractivity contribution in [1.29, 1.82) is 0 Å². The first kappa shape index (κ1) is 58.6. The monoisotopic (exact) mass is 848 g/mol. The lowest BCUT2D eigenvalue weighted by atomic mass is 10.0. The molecule has 0 bridgehead atoms. The Kier molecular flexibility index (Phi) is 49.1. The molecule has 1 amide bonds. The molecule has 3 N–H and O–H groups in total. The number of rotatable bonds is 50. The van der Waals surface area contributed by atoms with Gasteiger partial charge in [0.2, 0.25) is 5.91 Å². The summed E-state index contributed by atoms with van der Waals surface area (Å²) in [4.78, 5) is 24.4. The number of aliphatic hydroxyl groups is 2. The Bertz CT molecular complexity index is 893. The third-order valence-electron chi connectivity index (χ3n) is 12.6. The molecule has 6 nitrogen and oxygen atoms in total. The Morgan fingerprint density at radius 1 is 0.450 bits per heavy atom. The van der Waals surface area contributed by atoms with Gasteiger partial charge < -0.3 is 20.3 Å². The van der Waals surface area contributed by atoms with Gasteiger partial charge in [0.15, 0.2) is 0 Å². The van der Waals surface area contributed by atoms with Crippen LogP contribution < -0.4 is 5.32 Å². The van der Waals surface area contributed by atoms with Crippen LogP contribution in [-0.4, -0.2) is 47.4 Å². The number of allylic oxidation sites excluding steroid dienone is 1. The average Bonchev–Trinajstić information content (AvgIpc) is 3.25. The van der Waals surface area contributed by atoms with Crippen molar-refractivity contribution in [3.8, 4) is 0 Å². The molecule has 2 atom stereocenters. The van der Waals surface area contributed by atoms with E-state index in [-0.39, 0.29) is 18.5 Å². The molecule has 0 heterocycles. The van der Waals surface area contributed by atoms with Crippen molar-refractivity contribution in [1.82, 2.24) is 5.32 Å². The van der Waals surface area contributed by atoms with Crippen LogP contribution in [0.5, 0.6) is 0 Å². The van der Waals surface area contributed by atoms with Crippen LogP contribution in [0.2, 0.25) is 0 Å². The fourth-order valence-corrected chi connectivity index (χ4v) is 8.40. The summed E-state index contributed by atoms with van der Waals surface area (Å²) in [6, 6.07) is -0.630. The van der Waals surface area contributed by atoms with Crippen LogP contribution in [0, 0.1) is 0 Å². The molecular weight excluding hydrogens is 743 g/mol. The third-order valence-corrected chi connectivity index (χ3v) is 12.6. The van der Waals surface area contributed by atoms with Crippen molar-refractivity contribution in [2.75, 3.05) is 13.2 Å². The predicted molar refractivity (Wildman–Crippen MR) is 260 cm³/mol. The van der Waals surface area contributed by atoms with Crippen molar-refractivity contribution in [2.24, 2.45) is 0 Å². The smallest absolute Gasteiger partial charge is 0.305 e. The molecule has 0 rings (SSSR count). The SMILES string of the molecule is CCCCCCCCCCCCCCC/C=C/C(O)C(CO)NC(=O)CCCCCCCCCCCCCCCCCCCOC(=O)CCCCCCCCCCCCC. The summed E-state index contributed by atoms with van der Waals surface area (Å²) in [5.74, 6) is -0.0675. The number of amides is 1. The fraction of sp³-hybridized carbons (Fsp3) is 0.926. The molecule has 0 aromatic carbocycles. The zero-order chi connectivity index (χ0) is 43.7. The summed E-state index contributed by atoms with van der Waals surface area (Å²) < 4.78 is 5.45. The van der Waals surface area contributed by atoms with E-state index in [1.165, 1.54) is 225 Å². The first-order valence-electron chi connectivity index (χ1n) is 27.0. The van der Waals surface area contributed by atoms with E-state index in [4.69, 9.17) is 4.74 Å². The van der Waals surface area contributed by atoms with E-state index in [1.54, 1.807) is 6.08 Å².